The van der Waals surface area contributed by atoms with Gasteiger partial charge in [0.1, 0.15) is 11.4 Å². The number of aryl methyl sites for hydroxylation is 1. The first kappa shape index (κ1) is 16.7. The summed E-state index contributed by atoms with van der Waals surface area (Å²) in [5.74, 6) is 0.489. The Labute approximate surface area is 150 Å². The second kappa shape index (κ2) is 6.88. The third-order valence-corrected chi connectivity index (χ3v) is 6.31. The standard InChI is InChI=1S/C18H23N3O3S/c1-11-4-5-13-14(7-11)25-17-16(13)18(23)21(10-20-17)9-15(22)19-8-12-3-2-6-24-12/h10-12H,2-9H2,1H3,(H,19,22)/t11-,12-/m1/s1. The van der Waals surface area contributed by atoms with Crippen LogP contribution in [0.4, 0.5) is 0 Å². The van der Waals surface area contributed by atoms with Crippen molar-refractivity contribution in [3.05, 3.63) is 27.1 Å². The average Bonchev–Trinajstić information content (AvgIpc) is 3.22. The van der Waals surface area contributed by atoms with Crippen LogP contribution in [0.25, 0.3) is 10.2 Å². The normalized spacial score (nSPS) is 22.9. The van der Waals surface area contributed by atoms with Gasteiger partial charge in [-0.15, -0.1) is 11.3 Å². The van der Waals surface area contributed by atoms with Crippen LogP contribution in [0.15, 0.2) is 11.1 Å². The lowest BCUT2D eigenvalue weighted by Crippen LogP contribution is -2.36. The van der Waals surface area contributed by atoms with Gasteiger partial charge in [-0.2, -0.15) is 0 Å². The minimum Gasteiger partial charge on any atom is -0.376 e. The fourth-order valence-corrected chi connectivity index (χ4v) is 5.06. The van der Waals surface area contributed by atoms with E-state index in [1.165, 1.54) is 15.8 Å². The van der Waals surface area contributed by atoms with Gasteiger partial charge in [0, 0.05) is 18.0 Å². The zero-order valence-corrected chi connectivity index (χ0v) is 15.2. The Bertz CT molecular complexity index is 851. The molecule has 25 heavy (non-hydrogen) atoms. The van der Waals surface area contributed by atoms with Crippen molar-refractivity contribution in [2.45, 2.75) is 51.7 Å². The second-order valence-electron chi connectivity index (χ2n) is 7.15. The molecular formula is C18H23N3O3S. The molecule has 0 bridgehead atoms. The molecule has 6 nitrogen and oxygen atoms in total. The van der Waals surface area contributed by atoms with Crippen molar-refractivity contribution >= 4 is 27.5 Å². The maximum atomic E-state index is 12.9. The molecule has 1 aliphatic carbocycles. The van der Waals surface area contributed by atoms with Crippen LogP contribution in [0.5, 0.6) is 0 Å². The molecule has 1 saturated heterocycles. The van der Waals surface area contributed by atoms with Gasteiger partial charge >= 0.3 is 0 Å². The van der Waals surface area contributed by atoms with Gasteiger partial charge in [-0.1, -0.05) is 6.92 Å². The third kappa shape index (κ3) is 3.35. The van der Waals surface area contributed by atoms with Crippen LogP contribution < -0.4 is 10.9 Å². The maximum absolute atomic E-state index is 12.9. The van der Waals surface area contributed by atoms with Crippen molar-refractivity contribution < 1.29 is 9.53 Å². The van der Waals surface area contributed by atoms with E-state index in [-0.39, 0.29) is 24.1 Å². The molecule has 0 unspecified atom stereocenters. The summed E-state index contributed by atoms with van der Waals surface area (Å²) in [6.07, 6.45) is 6.69. The average molecular weight is 361 g/mol. The molecular weight excluding hydrogens is 338 g/mol. The summed E-state index contributed by atoms with van der Waals surface area (Å²) in [4.78, 5) is 31.6. The van der Waals surface area contributed by atoms with Gasteiger partial charge in [-0.05, 0) is 43.6 Å². The number of nitrogens with zero attached hydrogens (tertiary/aromatic N) is 2. The highest BCUT2D eigenvalue weighted by molar-refractivity contribution is 7.18. The molecule has 0 radical (unpaired) electrons. The van der Waals surface area contributed by atoms with Crippen molar-refractivity contribution in [2.75, 3.05) is 13.2 Å². The molecule has 2 aromatic rings. The first-order chi connectivity index (χ1) is 12.1. The second-order valence-corrected chi connectivity index (χ2v) is 8.23. The summed E-state index contributed by atoms with van der Waals surface area (Å²) in [6, 6.07) is 0. The molecule has 4 rings (SSSR count). The highest BCUT2D eigenvalue weighted by Gasteiger charge is 2.23. The predicted octanol–water partition coefficient (Wildman–Crippen LogP) is 1.88. The fourth-order valence-electron chi connectivity index (χ4n) is 3.72. The minimum absolute atomic E-state index is 0.00944. The molecule has 7 heteroatoms. The van der Waals surface area contributed by atoms with Crippen molar-refractivity contribution in [3.63, 3.8) is 0 Å². The highest BCUT2D eigenvalue weighted by atomic mass is 32.1. The predicted molar refractivity (Wildman–Crippen MR) is 97.1 cm³/mol. The topological polar surface area (TPSA) is 73.2 Å². The number of fused-ring (bicyclic) bond motifs is 3. The summed E-state index contributed by atoms with van der Waals surface area (Å²) >= 11 is 1.63. The summed E-state index contributed by atoms with van der Waals surface area (Å²) < 4.78 is 6.93. The molecule has 2 aliphatic rings. The van der Waals surface area contributed by atoms with Gasteiger partial charge < -0.3 is 10.1 Å². The molecule has 134 valence electrons. The van der Waals surface area contributed by atoms with Gasteiger partial charge in [0.2, 0.25) is 5.91 Å². The van der Waals surface area contributed by atoms with Crippen LogP contribution in [-0.2, 0) is 28.9 Å². The SMILES string of the molecule is C[C@@H]1CCc2c(sc3ncn(CC(=O)NC[C@H]4CCCO4)c(=O)c23)C1. The van der Waals surface area contributed by atoms with Crippen LogP contribution in [0, 0.1) is 5.92 Å². The van der Waals surface area contributed by atoms with E-state index in [4.69, 9.17) is 4.74 Å². The zero-order valence-electron chi connectivity index (χ0n) is 14.4. The Morgan fingerprint density at radius 2 is 2.36 bits per heavy atom. The molecule has 1 fully saturated rings. The van der Waals surface area contributed by atoms with E-state index >= 15 is 0 Å². The van der Waals surface area contributed by atoms with Crippen molar-refractivity contribution in [2.24, 2.45) is 5.92 Å². The first-order valence-electron chi connectivity index (χ1n) is 9.00. The Hall–Kier alpha value is -1.73. The molecule has 2 aromatic heterocycles. The zero-order chi connectivity index (χ0) is 17.4. The summed E-state index contributed by atoms with van der Waals surface area (Å²) in [7, 11) is 0. The van der Waals surface area contributed by atoms with Crippen LogP contribution in [-0.4, -0.2) is 34.7 Å². The smallest absolute Gasteiger partial charge is 0.262 e. The molecule has 1 N–H and O–H groups in total. The Morgan fingerprint density at radius 3 is 3.16 bits per heavy atom. The van der Waals surface area contributed by atoms with E-state index in [1.54, 1.807) is 11.3 Å². The van der Waals surface area contributed by atoms with Crippen LogP contribution in [0.3, 0.4) is 0 Å². The van der Waals surface area contributed by atoms with Crippen molar-refractivity contribution in [3.8, 4) is 0 Å². The van der Waals surface area contributed by atoms with Crippen molar-refractivity contribution in [1.82, 2.24) is 14.9 Å². The number of thiophene rings is 1. The number of rotatable bonds is 4. The highest BCUT2D eigenvalue weighted by Crippen LogP contribution is 2.35. The van der Waals surface area contributed by atoms with Gasteiger partial charge in [-0.25, -0.2) is 4.98 Å². The molecule has 0 saturated carbocycles. The lowest BCUT2D eigenvalue weighted by atomic mass is 9.89. The molecule has 1 amide bonds. The number of nitrogens with one attached hydrogen (secondary N) is 1. The molecule has 2 atom stereocenters. The maximum Gasteiger partial charge on any atom is 0.262 e. The Kier molecular flexibility index (Phi) is 4.60. The van der Waals surface area contributed by atoms with Crippen LogP contribution >= 0.6 is 11.3 Å². The lowest BCUT2D eigenvalue weighted by Gasteiger charge is -2.17. The molecule has 3 heterocycles. The summed E-state index contributed by atoms with van der Waals surface area (Å²) in [5, 5.41) is 3.58. The van der Waals surface area contributed by atoms with E-state index in [2.05, 4.69) is 17.2 Å². The number of aromatic nitrogens is 2. The Balaban J connectivity index is 1.53. The number of amides is 1. The number of carbonyl (C=O) groups excluding carboxylic acids is 1. The third-order valence-electron chi connectivity index (χ3n) is 5.15. The molecule has 1 aliphatic heterocycles. The number of carbonyl (C=O) groups is 1. The van der Waals surface area contributed by atoms with Gasteiger partial charge in [-0.3, -0.25) is 14.2 Å². The molecule has 0 aromatic carbocycles. The fraction of sp³-hybridized carbons (Fsp3) is 0.611. The lowest BCUT2D eigenvalue weighted by molar-refractivity contribution is -0.122. The van der Waals surface area contributed by atoms with E-state index in [1.807, 2.05) is 0 Å². The summed E-state index contributed by atoms with van der Waals surface area (Å²) in [5.41, 5.74) is 1.06. The van der Waals surface area contributed by atoms with Crippen LogP contribution in [0.1, 0.15) is 36.6 Å². The Morgan fingerprint density at radius 1 is 1.48 bits per heavy atom. The van der Waals surface area contributed by atoms with Crippen molar-refractivity contribution in [1.29, 1.82) is 0 Å². The summed E-state index contributed by atoms with van der Waals surface area (Å²) in [6.45, 7) is 3.53. The van der Waals surface area contributed by atoms with Gasteiger partial charge in [0.15, 0.2) is 0 Å². The monoisotopic (exact) mass is 361 g/mol. The van der Waals surface area contributed by atoms with Crippen LogP contribution in [0.2, 0.25) is 0 Å². The first-order valence-corrected chi connectivity index (χ1v) is 9.81. The van der Waals surface area contributed by atoms with E-state index in [0.29, 0.717) is 12.5 Å². The van der Waals surface area contributed by atoms with Gasteiger partial charge in [0.25, 0.3) is 5.56 Å². The minimum atomic E-state index is -0.170. The number of ether oxygens (including phenoxy) is 1. The number of hydrogen-bond acceptors (Lipinski definition) is 5. The quantitative estimate of drug-likeness (QED) is 0.902. The van der Waals surface area contributed by atoms with E-state index in [0.717, 1.165) is 54.5 Å². The van der Waals surface area contributed by atoms with E-state index < -0.39 is 0 Å². The van der Waals surface area contributed by atoms with E-state index in [9.17, 15) is 9.59 Å². The largest absolute Gasteiger partial charge is 0.376 e. The van der Waals surface area contributed by atoms with Gasteiger partial charge in [0.05, 0.1) is 17.8 Å². The molecule has 0 spiro atoms. The number of hydrogen-bond donors (Lipinski definition) is 1.